The summed E-state index contributed by atoms with van der Waals surface area (Å²) in [5, 5.41) is 18.3. The molecule has 0 radical (unpaired) electrons. The number of aliphatic hydroxyl groups is 1. The van der Waals surface area contributed by atoms with Crippen LogP contribution in [0.5, 0.6) is 5.75 Å². The van der Waals surface area contributed by atoms with Gasteiger partial charge in [0, 0.05) is 0 Å². The van der Waals surface area contributed by atoms with Crippen LogP contribution in [0.15, 0.2) is 18.2 Å². The molecule has 0 bridgehead atoms. The zero-order valence-electron chi connectivity index (χ0n) is 15.9. The third-order valence-corrected chi connectivity index (χ3v) is 4.11. The number of hydrogen-bond donors (Lipinski definition) is 2. The van der Waals surface area contributed by atoms with E-state index in [4.69, 9.17) is 19.3 Å². The Labute approximate surface area is 156 Å². The van der Waals surface area contributed by atoms with Crippen LogP contribution in [0.1, 0.15) is 49.7 Å². The smallest absolute Gasteiger partial charge is 0.306 e. The standard InChI is InChI=1S/C20H32O6/c1-3-4-5-17(18-6-7-19(22)16(2)14-18)15-20(23)26-13-12-25-11-10-24-9-8-21/h6-7,14,17,21-22H,3-5,8-13,15H2,1-2H3. The van der Waals surface area contributed by atoms with Crippen LogP contribution >= 0.6 is 0 Å². The fraction of sp³-hybridized carbons (Fsp3) is 0.650. The van der Waals surface area contributed by atoms with E-state index in [1.807, 2.05) is 19.1 Å². The second-order valence-corrected chi connectivity index (χ2v) is 6.26. The van der Waals surface area contributed by atoms with Gasteiger partial charge in [-0.15, -0.1) is 0 Å². The minimum atomic E-state index is -0.239. The number of hydrogen-bond acceptors (Lipinski definition) is 6. The lowest BCUT2D eigenvalue weighted by molar-refractivity contribution is -0.145. The van der Waals surface area contributed by atoms with Gasteiger partial charge in [0.1, 0.15) is 12.4 Å². The van der Waals surface area contributed by atoms with Gasteiger partial charge in [-0.2, -0.15) is 0 Å². The Kier molecular flexibility index (Phi) is 11.7. The number of unbranched alkanes of at least 4 members (excludes halogenated alkanes) is 1. The van der Waals surface area contributed by atoms with Crippen molar-refractivity contribution < 1.29 is 29.2 Å². The first-order valence-corrected chi connectivity index (χ1v) is 9.30. The molecule has 1 rings (SSSR count). The zero-order chi connectivity index (χ0) is 19.2. The highest BCUT2D eigenvalue weighted by atomic mass is 16.6. The first-order valence-electron chi connectivity index (χ1n) is 9.30. The van der Waals surface area contributed by atoms with Crippen molar-refractivity contribution >= 4 is 5.97 Å². The molecular formula is C20H32O6. The first kappa shape index (κ1) is 22.4. The summed E-state index contributed by atoms with van der Waals surface area (Å²) >= 11 is 0. The number of aryl methyl sites for hydroxylation is 1. The molecule has 0 amide bonds. The summed E-state index contributed by atoms with van der Waals surface area (Å²) in [5.74, 6) is 0.122. The largest absolute Gasteiger partial charge is 0.508 e. The Bertz CT molecular complexity index is 517. The van der Waals surface area contributed by atoms with Crippen molar-refractivity contribution in [3.63, 3.8) is 0 Å². The third kappa shape index (κ3) is 9.17. The summed E-state index contributed by atoms with van der Waals surface area (Å²) in [6, 6.07) is 5.51. The van der Waals surface area contributed by atoms with E-state index in [2.05, 4.69) is 6.92 Å². The number of aliphatic hydroxyl groups excluding tert-OH is 1. The highest BCUT2D eigenvalue weighted by Gasteiger charge is 2.17. The average molecular weight is 368 g/mol. The molecule has 0 spiro atoms. The summed E-state index contributed by atoms with van der Waals surface area (Å²) in [6.45, 7) is 5.64. The van der Waals surface area contributed by atoms with Crippen molar-refractivity contribution in [2.75, 3.05) is 39.6 Å². The van der Waals surface area contributed by atoms with Crippen molar-refractivity contribution in [2.24, 2.45) is 0 Å². The van der Waals surface area contributed by atoms with Gasteiger partial charge >= 0.3 is 5.97 Å². The normalized spacial score (nSPS) is 12.1. The van der Waals surface area contributed by atoms with Gasteiger partial charge in [0.15, 0.2) is 0 Å². The molecule has 0 heterocycles. The molecule has 2 N–H and O–H groups in total. The second kappa shape index (κ2) is 13.6. The number of benzene rings is 1. The monoisotopic (exact) mass is 368 g/mol. The Morgan fingerprint density at radius 2 is 1.81 bits per heavy atom. The maximum atomic E-state index is 12.1. The highest BCUT2D eigenvalue weighted by molar-refractivity contribution is 5.70. The summed E-state index contributed by atoms with van der Waals surface area (Å²) in [6.07, 6.45) is 3.34. The molecule has 0 saturated carbocycles. The van der Waals surface area contributed by atoms with Crippen molar-refractivity contribution in [1.29, 1.82) is 0 Å². The fourth-order valence-electron chi connectivity index (χ4n) is 2.63. The molecule has 0 fully saturated rings. The molecule has 0 saturated heterocycles. The average Bonchev–Trinajstić information content (AvgIpc) is 2.63. The van der Waals surface area contributed by atoms with Crippen LogP contribution < -0.4 is 0 Å². The molecule has 1 unspecified atom stereocenters. The van der Waals surface area contributed by atoms with E-state index in [1.54, 1.807) is 6.07 Å². The summed E-state index contributed by atoms with van der Waals surface area (Å²) in [7, 11) is 0. The van der Waals surface area contributed by atoms with E-state index < -0.39 is 0 Å². The van der Waals surface area contributed by atoms with Crippen molar-refractivity contribution in [1.82, 2.24) is 0 Å². The topological polar surface area (TPSA) is 85.2 Å². The van der Waals surface area contributed by atoms with Crippen LogP contribution in [0.2, 0.25) is 0 Å². The van der Waals surface area contributed by atoms with Gasteiger partial charge in [-0.1, -0.05) is 31.9 Å². The third-order valence-electron chi connectivity index (χ3n) is 4.11. The molecule has 1 atom stereocenters. The molecular weight excluding hydrogens is 336 g/mol. The molecule has 26 heavy (non-hydrogen) atoms. The van der Waals surface area contributed by atoms with Gasteiger partial charge in [-0.25, -0.2) is 0 Å². The van der Waals surface area contributed by atoms with Gasteiger partial charge in [-0.3, -0.25) is 4.79 Å². The number of ether oxygens (including phenoxy) is 3. The molecule has 6 nitrogen and oxygen atoms in total. The molecule has 0 aliphatic heterocycles. The van der Waals surface area contributed by atoms with Crippen molar-refractivity contribution in [2.45, 2.75) is 45.4 Å². The van der Waals surface area contributed by atoms with Crippen LogP contribution in [0.3, 0.4) is 0 Å². The maximum Gasteiger partial charge on any atom is 0.306 e. The van der Waals surface area contributed by atoms with E-state index in [9.17, 15) is 9.90 Å². The van der Waals surface area contributed by atoms with Crippen molar-refractivity contribution in [3.8, 4) is 5.75 Å². The van der Waals surface area contributed by atoms with Crippen LogP contribution in [-0.4, -0.2) is 55.8 Å². The number of aromatic hydroxyl groups is 1. The van der Waals surface area contributed by atoms with E-state index in [0.29, 0.717) is 32.8 Å². The predicted octanol–water partition coefficient (Wildman–Crippen LogP) is 2.93. The number of esters is 1. The number of phenolic OH excluding ortho intramolecular Hbond substituents is 1. The Morgan fingerprint density at radius 1 is 1.12 bits per heavy atom. The fourth-order valence-corrected chi connectivity index (χ4v) is 2.63. The molecule has 0 aromatic heterocycles. The quantitative estimate of drug-likeness (QED) is 0.388. The van der Waals surface area contributed by atoms with Gasteiger partial charge in [0.2, 0.25) is 0 Å². The molecule has 6 heteroatoms. The minimum absolute atomic E-state index is 0.00261. The van der Waals surface area contributed by atoms with E-state index in [0.717, 1.165) is 30.4 Å². The first-order chi connectivity index (χ1) is 12.6. The highest BCUT2D eigenvalue weighted by Crippen LogP contribution is 2.29. The van der Waals surface area contributed by atoms with Gasteiger partial charge in [-0.05, 0) is 36.5 Å². The lowest BCUT2D eigenvalue weighted by Gasteiger charge is -2.17. The summed E-state index contributed by atoms with van der Waals surface area (Å²) < 4.78 is 15.6. The predicted molar refractivity (Wildman–Crippen MR) is 99.4 cm³/mol. The van der Waals surface area contributed by atoms with Gasteiger partial charge in [0.25, 0.3) is 0 Å². The molecule has 0 aliphatic rings. The Morgan fingerprint density at radius 3 is 2.46 bits per heavy atom. The SMILES string of the molecule is CCCCC(CC(=O)OCCOCCOCCO)c1ccc(O)c(C)c1. The lowest BCUT2D eigenvalue weighted by atomic mass is 9.89. The van der Waals surface area contributed by atoms with Crippen LogP contribution in [-0.2, 0) is 19.0 Å². The van der Waals surface area contributed by atoms with Crippen LogP contribution in [0.25, 0.3) is 0 Å². The zero-order valence-corrected chi connectivity index (χ0v) is 15.9. The lowest BCUT2D eigenvalue weighted by Crippen LogP contribution is -2.15. The van der Waals surface area contributed by atoms with Gasteiger partial charge in [0.05, 0.1) is 39.5 Å². The minimum Gasteiger partial charge on any atom is -0.508 e. The molecule has 148 valence electrons. The number of phenols is 1. The molecule has 1 aromatic rings. The van der Waals surface area contributed by atoms with E-state index in [1.165, 1.54) is 0 Å². The number of carbonyl (C=O) groups excluding carboxylic acids is 1. The molecule has 0 aliphatic carbocycles. The van der Waals surface area contributed by atoms with E-state index >= 15 is 0 Å². The van der Waals surface area contributed by atoms with E-state index in [-0.39, 0.29) is 30.9 Å². The maximum absolute atomic E-state index is 12.1. The van der Waals surface area contributed by atoms with Crippen LogP contribution in [0, 0.1) is 6.92 Å². The Balaban J connectivity index is 2.37. The summed E-state index contributed by atoms with van der Waals surface area (Å²) in [4.78, 5) is 12.1. The van der Waals surface area contributed by atoms with Crippen molar-refractivity contribution in [3.05, 3.63) is 29.3 Å². The number of carbonyl (C=O) groups is 1. The summed E-state index contributed by atoms with van der Waals surface area (Å²) in [5.41, 5.74) is 1.87. The second-order valence-electron chi connectivity index (χ2n) is 6.26. The number of rotatable bonds is 14. The molecule has 1 aromatic carbocycles. The van der Waals surface area contributed by atoms with Crippen LogP contribution in [0.4, 0.5) is 0 Å². The van der Waals surface area contributed by atoms with Gasteiger partial charge < -0.3 is 24.4 Å². The Hall–Kier alpha value is -1.63.